The van der Waals surface area contributed by atoms with Crippen LogP contribution in [0.3, 0.4) is 0 Å². The van der Waals surface area contributed by atoms with Gasteiger partial charge >= 0.3 is 6.09 Å². The number of likely N-dealkylation sites (tertiary alicyclic amines) is 1. The summed E-state index contributed by atoms with van der Waals surface area (Å²) >= 11 is 0. The van der Waals surface area contributed by atoms with E-state index in [0.717, 1.165) is 5.56 Å². The molecule has 0 aliphatic carbocycles. The molecule has 0 aromatic heterocycles. The normalized spacial score (nSPS) is 15.1. The largest absolute Gasteiger partial charge is 0.450 e. The van der Waals surface area contributed by atoms with E-state index in [9.17, 15) is 14.4 Å². The summed E-state index contributed by atoms with van der Waals surface area (Å²) in [5, 5.41) is 2.99. The van der Waals surface area contributed by atoms with E-state index in [1.54, 1.807) is 37.6 Å². The van der Waals surface area contributed by atoms with Gasteiger partial charge in [-0.3, -0.25) is 9.59 Å². The van der Waals surface area contributed by atoms with Crippen molar-refractivity contribution in [1.82, 2.24) is 15.1 Å². The number of hydrogen-bond acceptors (Lipinski definition) is 4. The van der Waals surface area contributed by atoms with Crippen LogP contribution in [0.5, 0.6) is 0 Å². The van der Waals surface area contributed by atoms with Crippen LogP contribution >= 0.6 is 0 Å². The highest BCUT2D eigenvalue weighted by Gasteiger charge is 2.39. The molecule has 0 saturated carbocycles. The second-order valence-corrected chi connectivity index (χ2v) is 7.71. The zero-order valence-electron chi connectivity index (χ0n) is 17.2. The number of hydrogen-bond donors (Lipinski definition) is 1. The molecule has 0 radical (unpaired) electrons. The first kappa shape index (κ1) is 21.7. The molecule has 0 unspecified atom stereocenters. The van der Waals surface area contributed by atoms with Gasteiger partial charge in [-0.2, -0.15) is 0 Å². The topological polar surface area (TPSA) is 79.0 Å². The summed E-state index contributed by atoms with van der Waals surface area (Å²) in [5.41, 5.74) is -0.150. The molecule has 28 heavy (non-hydrogen) atoms. The summed E-state index contributed by atoms with van der Waals surface area (Å²) in [7, 11) is 1.71. The lowest BCUT2D eigenvalue weighted by molar-refractivity contribution is -0.148. The number of carbonyl (C=O) groups excluding carboxylic acids is 3. The van der Waals surface area contributed by atoms with Crippen molar-refractivity contribution in [3.05, 3.63) is 35.9 Å². The summed E-state index contributed by atoms with van der Waals surface area (Å²) in [4.78, 5) is 40.6. The van der Waals surface area contributed by atoms with Crippen molar-refractivity contribution in [3.8, 4) is 0 Å². The Kier molecular flexibility index (Phi) is 7.43. The second kappa shape index (κ2) is 9.57. The van der Waals surface area contributed by atoms with Crippen molar-refractivity contribution in [3.63, 3.8) is 0 Å². The number of ether oxygens (including phenoxy) is 1. The van der Waals surface area contributed by atoms with Gasteiger partial charge in [-0.1, -0.05) is 30.3 Å². The first-order valence-electron chi connectivity index (χ1n) is 9.77. The van der Waals surface area contributed by atoms with E-state index in [1.165, 1.54) is 0 Å². The minimum absolute atomic E-state index is 0.0512. The molecule has 0 spiro atoms. The predicted molar refractivity (Wildman–Crippen MR) is 106 cm³/mol. The Labute approximate surface area is 167 Å². The third-order valence-electron chi connectivity index (χ3n) is 5.07. The molecule has 1 saturated heterocycles. The minimum Gasteiger partial charge on any atom is -0.450 e. The molecule has 1 fully saturated rings. The maximum atomic E-state index is 12.9. The van der Waals surface area contributed by atoms with E-state index in [1.807, 2.05) is 30.3 Å². The van der Waals surface area contributed by atoms with Crippen molar-refractivity contribution < 1.29 is 19.1 Å². The Balaban J connectivity index is 1.88. The third kappa shape index (κ3) is 5.47. The lowest BCUT2D eigenvalue weighted by atomic mass is 9.89. The molecular weight excluding hydrogens is 358 g/mol. The Hall–Kier alpha value is -2.57. The molecule has 1 heterocycles. The number of carbonyl (C=O) groups is 3. The van der Waals surface area contributed by atoms with E-state index in [2.05, 4.69) is 5.32 Å². The number of piperidine rings is 1. The Bertz CT molecular complexity index is 682. The first-order chi connectivity index (χ1) is 13.3. The van der Waals surface area contributed by atoms with Crippen LogP contribution in [0.2, 0.25) is 0 Å². The Morgan fingerprint density at radius 1 is 1.18 bits per heavy atom. The van der Waals surface area contributed by atoms with Gasteiger partial charge in [0.1, 0.15) is 5.41 Å². The average Bonchev–Trinajstić information content (AvgIpc) is 2.68. The summed E-state index contributed by atoms with van der Waals surface area (Å²) in [5.74, 6) is -0.509. The average molecular weight is 389 g/mol. The van der Waals surface area contributed by atoms with Gasteiger partial charge in [0, 0.05) is 32.7 Å². The van der Waals surface area contributed by atoms with Crippen molar-refractivity contribution in [2.75, 3.05) is 26.7 Å². The number of rotatable bonds is 6. The van der Waals surface area contributed by atoms with Gasteiger partial charge in [-0.15, -0.1) is 0 Å². The molecule has 1 aromatic rings. The number of nitrogens with zero attached hydrogens (tertiary/aromatic N) is 2. The van der Waals surface area contributed by atoms with Gasteiger partial charge in [-0.25, -0.2) is 4.79 Å². The lowest BCUT2D eigenvalue weighted by Crippen LogP contribution is -2.53. The molecule has 7 nitrogen and oxygen atoms in total. The van der Waals surface area contributed by atoms with Gasteiger partial charge in [0.2, 0.25) is 11.8 Å². The quantitative estimate of drug-likeness (QED) is 0.758. The highest BCUT2D eigenvalue weighted by Crippen LogP contribution is 2.22. The molecule has 0 bridgehead atoms. The highest BCUT2D eigenvalue weighted by molar-refractivity contribution is 6.04. The summed E-state index contributed by atoms with van der Waals surface area (Å²) in [6.45, 7) is 6.95. The van der Waals surface area contributed by atoms with Crippen LogP contribution in [0.1, 0.15) is 39.2 Å². The molecule has 154 valence electrons. The fourth-order valence-electron chi connectivity index (χ4n) is 3.29. The lowest BCUT2D eigenvalue weighted by Gasteiger charge is -2.34. The molecule has 7 heteroatoms. The van der Waals surface area contributed by atoms with E-state index in [-0.39, 0.29) is 23.9 Å². The molecular formula is C21H31N3O4. The number of amides is 3. The summed E-state index contributed by atoms with van der Waals surface area (Å²) < 4.78 is 5.01. The Morgan fingerprint density at radius 3 is 2.36 bits per heavy atom. The van der Waals surface area contributed by atoms with Crippen LogP contribution in [0, 0.1) is 5.41 Å². The molecule has 3 amide bonds. The standard InChI is InChI=1S/C21H31N3O4/c1-5-28-20(27)24-13-11-17(12-14-24)22-18(25)21(2,3)19(26)23(4)15-16-9-7-6-8-10-16/h6-10,17H,5,11-15H2,1-4H3,(H,22,25). The monoisotopic (exact) mass is 389 g/mol. The van der Waals surface area contributed by atoms with Gasteiger partial charge in [0.15, 0.2) is 0 Å². The zero-order chi connectivity index (χ0) is 20.7. The van der Waals surface area contributed by atoms with Crippen LogP contribution in [0.15, 0.2) is 30.3 Å². The number of nitrogens with one attached hydrogen (secondary N) is 1. The van der Waals surface area contributed by atoms with Crippen LogP contribution in [0.4, 0.5) is 4.79 Å². The zero-order valence-corrected chi connectivity index (χ0v) is 17.2. The van der Waals surface area contributed by atoms with E-state index in [4.69, 9.17) is 4.74 Å². The molecule has 1 aromatic carbocycles. The van der Waals surface area contributed by atoms with Gasteiger partial charge in [0.25, 0.3) is 0 Å². The van der Waals surface area contributed by atoms with Crippen LogP contribution in [-0.4, -0.2) is 60.5 Å². The number of benzene rings is 1. The van der Waals surface area contributed by atoms with Gasteiger partial charge < -0.3 is 19.9 Å². The van der Waals surface area contributed by atoms with Crippen LogP contribution in [0.25, 0.3) is 0 Å². The van der Waals surface area contributed by atoms with Crippen molar-refractivity contribution in [2.24, 2.45) is 5.41 Å². The SMILES string of the molecule is CCOC(=O)N1CCC(NC(=O)C(C)(C)C(=O)N(C)Cc2ccccc2)CC1. The van der Waals surface area contributed by atoms with Gasteiger partial charge in [-0.05, 0) is 39.2 Å². The molecule has 1 aliphatic heterocycles. The maximum absolute atomic E-state index is 12.9. The van der Waals surface area contributed by atoms with E-state index >= 15 is 0 Å². The fraction of sp³-hybridized carbons (Fsp3) is 0.571. The van der Waals surface area contributed by atoms with E-state index < -0.39 is 5.41 Å². The molecule has 1 aliphatic rings. The summed E-state index contributed by atoms with van der Waals surface area (Å²) in [6, 6.07) is 9.63. The smallest absolute Gasteiger partial charge is 0.409 e. The third-order valence-corrected chi connectivity index (χ3v) is 5.07. The van der Waals surface area contributed by atoms with Crippen molar-refractivity contribution in [2.45, 2.75) is 46.2 Å². The predicted octanol–water partition coefficient (Wildman–Crippen LogP) is 2.41. The molecule has 1 N–H and O–H groups in total. The second-order valence-electron chi connectivity index (χ2n) is 7.71. The van der Waals surface area contributed by atoms with Crippen molar-refractivity contribution >= 4 is 17.9 Å². The van der Waals surface area contributed by atoms with Crippen LogP contribution < -0.4 is 5.32 Å². The van der Waals surface area contributed by atoms with Gasteiger partial charge in [0.05, 0.1) is 6.61 Å². The molecule has 2 rings (SSSR count). The van der Waals surface area contributed by atoms with Crippen molar-refractivity contribution in [1.29, 1.82) is 0 Å². The fourth-order valence-corrected chi connectivity index (χ4v) is 3.29. The highest BCUT2D eigenvalue weighted by atomic mass is 16.6. The first-order valence-corrected chi connectivity index (χ1v) is 9.77. The maximum Gasteiger partial charge on any atom is 0.409 e. The van der Waals surface area contributed by atoms with E-state index in [0.29, 0.717) is 39.1 Å². The summed E-state index contributed by atoms with van der Waals surface area (Å²) in [6.07, 6.45) is 0.980. The molecule has 0 atom stereocenters. The Morgan fingerprint density at radius 2 is 1.79 bits per heavy atom. The minimum atomic E-state index is -1.16. The van der Waals surface area contributed by atoms with Crippen LogP contribution in [-0.2, 0) is 20.9 Å².